The van der Waals surface area contributed by atoms with Crippen molar-refractivity contribution in [2.75, 3.05) is 6.54 Å². The zero-order valence-corrected chi connectivity index (χ0v) is 13.0. The van der Waals surface area contributed by atoms with Crippen molar-refractivity contribution in [2.24, 2.45) is 7.05 Å². The summed E-state index contributed by atoms with van der Waals surface area (Å²) >= 11 is 9.16. The van der Waals surface area contributed by atoms with Crippen LogP contribution < -0.4 is 5.32 Å². The van der Waals surface area contributed by atoms with E-state index < -0.39 is 5.82 Å². The quantitative estimate of drug-likeness (QED) is 0.856. The average molecular weight is 347 g/mol. The molecule has 1 N–H and O–H groups in total. The Bertz CT molecular complexity index is 585. The number of imidazole rings is 1. The van der Waals surface area contributed by atoms with Crippen LogP contribution in [0.2, 0.25) is 5.02 Å². The van der Waals surface area contributed by atoms with Crippen molar-refractivity contribution in [3.63, 3.8) is 0 Å². The van der Waals surface area contributed by atoms with Gasteiger partial charge in [0.2, 0.25) is 0 Å². The molecule has 1 aromatic heterocycles. The minimum atomic E-state index is -0.423. The summed E-state index contributed by atoms with van der Waals surface area (Å²) in [6.07, 6.45) is 3.56. The highest BCUT2D eigenvalue weighted by Crippen LogP contribution is 2.32. The van der Waals surface area contributed by atoms with Gasteiger partial charge in [-0.05, 0) is 28.5 Å². The molecule has 19 heavy (non-hydrogen) atoms. The van der Waals surface area contributed by atoms with Crippen molar-refractivity contribution < 1.29 is 4.39 Å². The monoisotopic (exact) mass is 345 g/mol. The molecule has 0 radical (unpaired) electrons. The van der Waals surface area contributed by atoms with Crippen LogP contribution >= 0.6 is 27.5 Å². The highest BCUT2D eigenvalue weighted by molar-refractivity contribution is 9.10. The normalized spacial score (nSPS) is 12.7. The van der Waals surface area contributed by atoms with Gasteiger partial charge < -0.3 is 9.88 Å². The first kappa shape index (κ1) is 14.5. The van der Waals surface area contributed by atoms with E-state index in [1.54, 1.807) is 18.5 Å². The Hall–Kier alpha value is -0.910. The Morgan fingerprint density at radius 1 is 1.53 bits per heavy atom. The lowest BCUT2D eigenvalue weighted by Crippen LogP contribution is -2.23. The molecule has 2 aromatic rings. The highest BCUT2D eigenvalue weighted by Gasteiger charge is 2.21. The molecule has 0 aliphatic heterocycles. The van der Waals surface area contributed by atoms with Crippen LogP contribution in [0.5, 0.6) is 0 Å². The molecule has 1 atom stereocenters. The van der Waals surface area contributed by atoms with Gasteiger partial charge in [0.1, 0.15) is 5.82 Å². The SMILES string of the molecule is CCNC(c1cn(C)cn1)c1ccc(Br)c(Cl)c1F. The molecule has 0 fully saturated rings. The van der Waals surface area contributed by atoms with E-state index in [2.05, 4.69) is 26.2 Å². The lowest BCUT2D eigenvalue weighted by molar-refractivity contribution is 0.552. The molecule has 0 aliphatic carbocycles. The van der Waals surface area contributed by atoms with Crippen LogP contribution in [0, 0.1) is 5.82 Å². The van der Waals surface area contributed by atoms with Crippen LogP contribution in [0.25, 0.3) is 0 Å². The minimum Gasteiger partial charge on any atom is -0.340 e. The molecule has 0 bridgehead atoms. The third kappa shape index (κ3) is 2.99. The van der Waals surface area contributed by atoms with E-state index in [0.29, 0.717) is 16.6 Å². The van der Waals surface area contributed by atoms with E-state index in [0.717, 1.165) is 5.69 Å². The standard InChI is InChI=1S/C13H14BrClFN3/c1-3-17-13(10-6-19(2)7-18-10)8-4-5-9(14)11(15)12(8)16/h4-7,13,17H,3H2,1-2H3. The van der Waals surface area contributed by atoms with Crippen molar-refractivity contribution in [1.82, 2.24) is 14.9 Å². The summed E-state index contributed by atoms with van der Waals surface area (Å²) in [6.45, 7) is 2.67. The number of hydrogen-bond acceptors (Lipinski definition) is 2. The van der Waals surface area contributed by atoms with Crippen molar-refractivity contribution in [2.45, 2.75) is 13.0 Å². The summed E-state index contributed by atoms with van der Waals surface area (Å²) in [6, 6.07) is 3.15. The van der Waals surface area contributed by atoms with E-state index in [1.807, 2.05) is 24.7 Å². The molecule has 1 aromatic carbocycles. The van der Waals surface area contributed by atoms with Crippen LogP contribution in [-0.4, -0.2) is 16.1 Å². The van der Waals surface area contributed by atoms with E-state index >= 15 is 0 Å². The number of rotatable bonds is 4. The molecule has 1 unspecified atom stereocenters. The van der Waals surface area contributed by atoms with E-state index in [-0.39, 0.29) is 11.1 Å². The average Bonchev–Trinajstić information content (AvgIpc) is 2.81. The van der Waals surface area contributed by atoms with Gasteiger partial charge in [0, 0.05) is 23.3 Å². The number of aromatic nitrogens is 2. The lowest BCUT2D eigenvalue weighted by atomic mass is 10.0. The van der Waals surface area contributed by atoms with Crippen molar-refractivity contribution in [3.8, 4) is 0 Å². The Morgan fingerprint density at radius 3 is 2.84 bits per heavy atom. The van der Waals surface area contributed by atoms with Crippen molar-refractivity contribution in [1.29, 1.82) is 0 Å². The molecule has 0 aliphatic rings. The summed E-state index contributed by atoms with van der Waals surface area (Å²) in [5, 5.41) is 3.32. The number of nitrogens with zero attached hydrogens (tertiary/aromatic N) is 2. The fourth-order valence-corrected chi connectivity index (χ4v) is 2.40. The molecule has 0 saturated carbocycles. The highest BCUT2D eigenvalue weighted by atomic mass is 79.9. The van der Waals surface area contributed by atoms with Crippen LogP contribution in [0.4, 0.5) is 4.39 Å². The zero-order chi connectivity index (χ0) is 14.0. The second-order valence-corrected chi connectivity index (χ2v) is 5.45. The first-order valence-corrected chi connectivity index (χ1v) is 7.06. The fourth-order valence-electron chi connectivity index (χ4n) is 1.92. The number of nitrogens with one attached hydrogen (secondary N) is 1. The predicted octanol–water partition coefficient (Wildman–Crippen LogP) is 3.67. The second kappa shape index (κ2) is 6.03. The maximum atomic E-state index is 14.3. The van der Waals surface area contributed by atoms with E-state index in [1.165, 1.54) is 0 Å². The number of benzene rings is 1. The van der Waals surface area contributed by atoms with Crippen molar-refractivity contribution >= 4 is 27.5 Å². The van der Waals surface area contributed by atoms with Gasteiger partial charge >= 0.3 is 0 Å². The van der Waals surface area contributed by atoms with Crippen LogP contribution in [-0.2, 0) is 7.05 Å². The number of halogens is 3. The summed E-state index contributed by atoms with van der Waals surface area (Å²) in [4.78, 5) is 4.28. The molecule has 102 valence electrons. The molecule has 0 amide bonds. The third-order valence-corrected chi connectivity index (χ3v) is 4.06. The molecular formula is C13H14BrClFN3. The molecule has 1 heterocycles. The summed E-state index contributed by atoms with van der Waals surface area (Å²) in [5.74, 6) is -0.423. The van der Waals surface area contributed by atoms with Crippen molar-refractivity contribution in [3.05, 3.63) is 51.2 Å². The van der Waals surface area contributed by atoms with Gasteiger partial charge in [0.15, 0.2) is 0 Å². The summed E-state index contributed by atoms with van der Waals surface area (Å²) in [5.41, 5.74) is 1.26. The molecular weight excluding hydrogens is 333 g/mol. The van der Waals surface area contributed by atoms with Gasteiger partial charge in [-0.2, -0.15) is 0 Å². The molecule has 2 rings (SSSR count). The Balaban J connectivity index is 2.48. The fraction of sp³-hybridized carbons (Fsp3) is 0.308. The van der Waals surface area contributed by atoms with Crippen LogP contribution in [0.1, 0.15) is 24.2 Å². The van der Waals surface area contributed by atoms with Gasteiger partial charge in [0.05, 0.1) is 23.1 Å². The Kier molecular flexibility index (Phi) is 4.60. The molecule has 0 spiro atoms. The number of hydrogen-bond donors (Lipinski definition) is 1. The van der Waals surface area contributed by atoms with E-state index in [9.17, 15) is 4.39 Å². The predicted molar refractivity (Wildman–Crippen MR) is 77.8 cm³/mol. The Labute approximate surface area is 124 Å². The van der Waals surface area contributed by atoms with Crippen LogP contribution in [0.3, 0.4) is 0 Å². The molecule has 3 nitrogen and oxygen atoms in total. The zero-order valence-electron chi connectivity index (χ0n) is 10.6. The van der Waals surface area contributed by atoms with Gasteiger partial charge in [-0.15, -0.1) is 0 Å². The van der Waals surface area contributed by atoms with Gasteiger partial charge in [-0.3, -0.25) is 0 Å². The third-order valence-electron chi connectivity index (χ3n) is 2.80. The first-order chi connectivity index (χ1) is 9.04. The minimum absolute atomic E-state index is 0.0938. The van der Waals surface area contributed by atoms with Gasteiger partial charge in [-0.25, -0.2) is 9.37 Å². The molecule has 6 heteroatoms. The largest absolute Gasteiger partial charge is 0.340 e. The van der Waals surface area contributed by atoms with E-state index in [4.69, 9.17) is 11.6 Å². The smallest absolute Gasteiger partial charge is 0.148 e. The number of aryl methyl sites for hydroxylation is 1. The lowest BCUT2D eigenvalue weighted by Gasteiger charge is -2.18. The maximum Gasteiger partial charge on any atom is 0.148 e. The topological polar surface area (TPSA) is 29.9 Å². The summed E-state index contributed by atoms with van der Waals surface area (Å²) < 4.78 is 16.7. The second-order valence-electron chi connectivity index (χ2n) is 4.22. The van der Waals surface area contributed by atoms with Gasteiger partial charge in [0.25, 0.3) is 0 Å². The summed E-state index contributed by atoms with van der Waals surface area (Å²) in [7, 11) is 1.88. The van der Waals surface area contributed by atoms with Crippen LogP contribution in [0.15, 0.2) is 29.1 Å². The maximum absolute atomic E-state index is 14.3. The molecule has 0 saturated heterocycles. The first-order valence-electron chi connectivity index (χ1n) is 5.89. The van der Waals surface area contributed by atoms with Gasteiger partial charge in [-0.1, -0.05) is 24.6 Å². The Morgan fingerprint density at radius 2 is 2.26 bits per heavy atom.